The van der Waals surface area contributed by atoms with Gasteiger partial charge in [0.1, 0.15) is 5.75 Å². The summed E-state index contributed by atoms with van der Waals surface area (Å²) >= 11 is 0. The van der Waals surface area contributed by atoms with E-state index in [1.54, 1.807) is 0 Å². The Morgan fingerprint density at radius 1 is 1.19 bits per heavy atom. The first-order valence-electron chi connectivity index (χ1n) is 7.13. The lowest BCUT2D eigenvalue weighted by Crippen LogP contribution is -2.44. The molecule has 0 heterocycles. The lowest BCUT2D eigenvalue weighted by molar-refractivity contribution is -0.123. The van der Waals surface area contributed by atoms with Crippen molar-refractivity contribution >= 4 is 18.3 Å². The average Bonchev–Trinajstić information content (AvgIpc) is 2.37. The Kier molecular flexibility index (Phi) is 8.37. The third kappa shape index (κ3) is 6.36. The van der Waals surface area contributed by atoms with E-state index in [0.717, 1.165) is 11.3 Å². The van der Waals surface area contributed by atoms with Gasteiger partial charge in [-0.25, -0.2) is 0 Å². The largest absolute Gasteiger partial charge is 0.491 e. The maximum absolute atomic E-state index is 12.0. The van der Waals surface area contributed by atoms with Gasteiger partial charge in [0.2, 0.25) is 5.91 Å². The van der Waals surface area contributed by atoms with Crippen molar-refractivity contribution in [3.05, 3.63) is 29.8 Å². The number of hydrogen-bond acceptors (Lipinski definition) is 3. The molecule has 0 aromatic heterocycles. The molecule has 3 N–H and O–H groups in total. The van der Waals surface area contributed by atoms with Crippen molar-refractivity contribution in [3.8, 4) is 5.75 Å². The number of nitrogens with one attached hydrogen (secondary N) is 1. The summed E-state index contributed by atoms with van der Waals surface area (Å²) in [5.41, 5.74) is 6.85. The van der Waals surface area contributed by atoms with Crippen molar-refractivity contribution in [2.75, 3.05) is 0 Å². The third-order valence-electron chi connectivity index (χ3n) is 3.11. The Labute approximate surface area is 133 Å². The van der Waals surface area contributed by atoms with Gasteiger partial charge in [0.05, 0.1) is 18.2 Å². The van der Waals surface area contributed by atoms with Crippen molar-refractivity contribution in [2.45, 2.75) is 52.8 Å². The number of carbonyl (C=O) groups excluding carboxylic acids is 1. The van der Waals surface area contributed by atoms with Crippen molar-refractivity contribution in [2.24, 2.45) is 11.7 Å². The van der Waals surface area contributed by atoms with Crippen LogP contribution in [-0.4, -0.2) is 18.1 Å². The van der Waals surface area contributed by atoms with Crippen LogP contribution in [0.2, 0.25) is 0 Å². The van der Waals surface area contributed by atoms with Gasteiger partial charge < -0.3 is 15.8 Å². The number of rotatable bonds is 6. The first-order chi connectivity index (χ1) is 9.31. The molecule has 0 aliphatic heterocycles. The van der Waals surface area contributed by atoms with E-state index in [2.05, 4.69) is 5.32 Å². The SMILES string of the molecule is CC(C)Oc1cccc(C(C)NC(=O)C(N)C(C)C)c1.Cl. The van der Waals surface area contributed by atoms with Crippen molar-refractivity contribution in [1.82, 2.24) is 5.32 Å². The molecule has 0 spiro atoms. The Morgan fingerprint density at radius 2 is 1.81 bits per heavy atom. The summed E-state index contributed by atoms with van der Waals surface area (Å²) in [6, 6.07) is 7.19. The summed E-state index contributed by atoms with van der Waals surface area (Å²) in [6.45, 7) is 9.79. The number of amides is 1. The van der Waals surface area contributed by atoms with Gasteiger partial charge in [0.15, 0.2) is 0 Å². The monoisotopic (exact) mass is 314 g/mol. The van der Waals surface area contributed by atoms with Crippen LogP contribution in [0.5, 0.6) is 5.75 Å². The molecule has 1 rings (SSSR count). The van der Waals surface area contributed by atoms with E-state index >= 15 is 0 Å². The first kappa shape index (κ1) is 19.7. The zero-order valence-corrected chi connectivity index (χ0v) is 14.2. The lowest BCUT2D eigenvalue weighted by Gasteiger charge is -2.20. The molecule has 4 nitrogen and oxygen atoms in total. The van der Waals surface area contributed by atoms with Gasteiger partial charge in [0.25, 0.3) is 0 Å². The molecule has 2 unspecified atom stereocenters. The molecule has 5 heteroatoms. The number of carbonyl (C=O) groups is 1. The second kappa shape index (κ2) is 8.90. The van der Waals surface area contributed by atoms with Crippen LogP contribution in [0, 0.1) is 5.92 Å². The summed E-state index contributed by atoms with van der Waals surface area (Å²) in [5, 5.41) is 2.94. The molecular weight excluding hydrogens is 288 g/mol. The zero-order valence-electron chi connectivity index (χ0n) is 13.4. The Bertz CT molecular complexity index is 450. The molecule has 0 aliphatic rings. The molecule has 0 bridgehead atoms. The van der Waals surface area contributed by atoms with Crippen LogP contribution in [0.1, 0.15) is 46.2 Å². The summed E-state index contributed by atoms with van der Waals surface area (Å²) in [4.78, 5) is 12.0. The Morgan fingerprint density at radius 3 is 2.33 bits per heavy atom. The smallest absolute Gasteiger partial charge is 0.237 e. The molecule has 1 aromatic rings. The lowest BCUT2D eigenvalue weighted by atomic mass is 10.0. The van der Waals surface area contributed by atoms with Crippen LogP contribution < -0.4 is 15.8 Å². The van der Waals surface area contributed by atoms with E-state index in [1.165, 1.54) is 0 Å². The van der Waals surface area contributed by atoms with Gasteiger partial charge in [-0.2, -0.15) is 0 Å². The minimum atomic E-state index is -0.479. The highest BCUT2D eigenvalue weighted by molar-refractivity contribution is 5.85. The highest BCUT2D eigenvalue weighted by atomic mass is 35.5. The van der Waals surface area contributed by atoms with E-state index in [0.29, 0.717) is 0 Å². The second-order valence-electron chi connectivity index (χ2n) is 5.74. The molecule has 1 amide bonds. The molecule has 0 fully saturated rings. The fourth-order valence-electron chi connectivity index (χ4n) is 1.83. The van der Waals surface area contributed by atoms with Gasteiger partial charge in [-0.15, -0.1) is 12.4 Å². The van der Waals surface area contributed by atoms with Gasteiger partial charge in [-0.3, -0.25) is 4.79 Å². The Hall–Kier alpha value is -1.26. The van der Waals surface area contributed by atoms with Gasteiger partial charge in [-0.05, 0) is 44.4 Å². The van der Waals surface area contributed by atoms with E-state index in [-0.39, 0.29) is 36.4 Å². The summed E-state index contributed by atoms with van der Waals surface area (Å²) in [7, 11) is 0. The predicted molar refractivity (Wildman–Crippen MR) is 88.8 cm³/mol. The zero-order chi connectivity index (χ0) is 15.3. The standard InChI is InChI=1S/C16H26N2O2.ClH/c1-10(2)15(17)16(19)18-12(5)13-7-6-8-14(9-13)20-11(3)4;/h6-12,15H,17H2,1-5H3,(H,18,19);1H. The number of halogens is 1. The molecule has 0 saturated carbocycles. The maximum Gasteiger partial charge on any atom is 0.237 e. The summed E-state index contributed by atoms with van der Waals surface area (Å²) in [6.07, 6.45) is 0.129. The van der Waals surface area contributed by atoms with Gasteiger partial charge >= 0.3 is 0 Å². The molecule has 0 saturated heterocycles. The van der Waals surface area contributed by atoms with Crippen LogP contribution in [0.25, 0.3) is 0 Å². The second-order valence-corrected chi connectivity index (χ2v) is 5.74. The van der Waals surface area contributed by atoms with Gasteiger partial charge in [0, 0.05) is 0 Å². The predicted octanol–water partition coefficient (Wildman–Crippen LogP) is 3.06. The normalized spacial score (nSPS) is 13.5. The number of benzene rings is 1. The van der Waals surface area contributed by atoms with E-state index in [1.807, 2.05) is 58.9 Å². The quantitative estimate of drug-likeness (QED) is 0.848. The topological polar surface area (TPSA) is 64.3 Å². The van der Waals surface area contributed by atoms with Crippen LogP contribution in [-0.2, 0) is 4.79 Å². The minimum Gasteiger partial charge on any atom is -0.491 e. The van der Waals surface area contributed by atoms with Crippen molar-refractivity contribution in [1.29, 1.82) is 0 Å². The van der Waals surface area contributed by atoms with E-state index in [4.69, 9.17) is 10.5 Å². The highest BCUT2D eigenvalue weighted by Gasteiger charge is 2.19. The molecule has 21 heavy (non-hydrogen) atoms. The van der Waals surface area contributed by atoms with Crippen molar-refractivity contribution in [3.63, 3.8) is 0 Å². The Balaban J connectivity index is 0.00000400. The minimum absolute atomic E-state index is 0. The van der Waals surface area contributed by atoms with E-state index < -0.39 is 6.04 Å². The van der Waals surface area contributed by atoms with Crippen LogP contribution in [0.3, 0.4) is 0 Å². The van der Waals surface area contributed by atoms with Crippen LogP contribution >= 0.6 is 12.4 Å². The maximum atomic E-state index is 12.0. The van der Waals surface area contributed by atoms with Gasteiger partial charge in [-0.1, -0.05) is 26.0 Å². The summed E-state index contributed by atoms with van der Waals surface area (Å²) in [5.74, 6) is 0.812. The third-order valence-corrected chi connectivity index (χ3v) is 3.11. The molecule has 0 radical (unpaired) electrons. The van der Waals surface area contributed by atoms with Crippen LogP contribution in [0.15, 0.2) is 24.3 Å². The molecule has 0 aliphatic carbocycles. The first-order valence-corrected chi connectivity index (χ1v) is 7.13. The summed E-state index contributed by atoms with van der Waals surface area (Å²) < 4.78 is 5.66. The number of hydrogen-bond donors (Lipinski definition) is 2. The number of ether oxygens (including phenoxy) is 1. The van der Waals surface area contributed by atoms with Crippen LogP contribution in [0.4, 0.5) is 0 Å². The molecule has 120 valence electrons. The molecule has 1 aromatic carbocycles. The average molecular weight is 315 g/mol. The number of nitrogens with two attached hydrogens (primary N) is 1. The van der Waals surface area contributed by atoms with E-state index in [9.17, 15) is 4.79 Å². The highest BCUT2D eigenvalue weighted by Crippen LogP contribution is 2.20. The molecule has 2 atom stereocenters. The fourth-order valence-corrected chi connectivity index (χ4v) is 1.83. The van der Waals surface area contributed by atoms with Crippen molar-refractivity contribution < 1.29 is 9.53 Å². The molecular formula is C16H27ClN2O2. The fraction of sp³-hybridized carbons (Fsp3) is 0.562.